The van der Waals surface area contributed by atoms with Gasteiger partial charge in [0.05, 0.1) is 11.6 Å². The van der Waals surface area contributed by atoms with E-state index in [-0.39, 0.29) is 18.6 Å². The van der Waals surface area contributed by atoms with E-state index in [2.05, 4.69) is 5.32 Å². The number of rotatable bonds is 8. The average Bonchev–Trinajstić information content (AvgIpc) is 2.73. The highest BCUT2D eigenvalue weighted by atomic mass is 16.5. The summed E-state index contributed by atoms with van der Waals surface area (Å²) in [7, 11) is 0. The minimum absolute atomic E-state index is 0.150. The molecule has 0 aromatic heterocycles. The van der Waals surface area contributed by atoms with E-state index < -0.39 is 0 Å². The fraction of sp³-hybridized carbons (Fsp3) is 0.130. The number of hydrogen-bond acceptors (Lipinski definition) is 3. The van der Waals surface area contributed by atoms with Crippen LogP contribution in [0.5, 0.6) is 5.75 Å². The number of ether oxygens (including phenoxy) is 1. The van der Waals surface area contributed by atoms with Crippen LogP contribution in [-0.2, 0) is 11.2 Å². The Morgan fingerprint density at radius 2 is 1.52 bits per heavy atom. The minimum Gasteiger partial charge on any atom is -0.483 e. The molecule has 0 aliphatic carbocycles. The predicted octanol–water partition coefficient (Wildman–Crippen LogP) is 3.98. The first-order valence-electron chi connectivity index (χ1n) is 8.81. The van der Waals surface area contributed by atoms with Gasteiger partial charge in [-0.15, -0.1) is 0 Å². The Labute approximate surface area is 158 Å². The van der Waals surface area contributed by atoms with Gasteiger partial charge in [-0.05, 0) is 29.7 Å². The summed E-state index contributed by atoms with van der Waals surface area (Å²) in [5.74, 6) is 0.169. The van der Waals surface area contributed by atoms with Crippen molar-refractivity contribution >= 4 is 12.2 Å². The van der Waals surface area contributed by atoms with E-state index in [1.54, 1.807) is 24.3 Å². The summed E-state index contributed by atoms with van der Waals surface area (Å²) in [5.41, 5.74) is 2.59. The Hall–Kier alpha value is -3.40. The molecule has 0 unspecified atom stereocenters. The second kappa shape index (κ2) is 9.34. The quantitative estimate of drug-likeness (QED) is 0.619. The Morgan fingerprint density at radius 3 is 2.22 bits per heavy atom. The van der Waals surface area contributed by atoms with Crippen molar-refractivity contribution in [2.24, 2.45) is 0 Å². The van der Waals surface area contributed by atoms with Crippen molar-refractivity contribution in [3.63, 3.8) is 0 Å². The van der Waals surface area contributed by atoms with Crippen molar-refractivity contribution in [3.05, 3.63) is 102 Å². The van der Waals surface area contributed by atoms with Crippen LogP contribution in [0, 0.1) is 0 Å². The molecule has 0 saturated carbocycles. The lowest BCUT2D eigenvalue weighted by Gasteiger charge is -2.20. The molecular weight excluding hydrogens is 338 g/mol. The van der Waals surface area contributed by atoms with Gasteiger partial charge in [0, 0.05) is 0 Å². The van der Waals surface area contributed by atoms with Crippen LogP contribution in [-0.4, -0.2) is 18.8 Å². The Kier molecular flexibility index (Phi) is 6.36. The molecule has 27 heavy (non-hydrogen) atoms. The third-order valence-corrected chi connectivity index (χ3v) is 4.22. The monoisotopic (exact) mass is 359 g/mol. The van der Waals surface area contributed by atoms with Crippen LogP contribution in [0.15, 0.2) is 84.9 Å². The Balaban J connectivity index is 1.68. The first kappa shape index (κ1) is 18.4. The summed E-state index contributed by atoms with van der Waals surface area (Å²) in [6.07, 6.45) is 1.40. The van der Waals surface area contributed by atoms with Crippen molar-refractivity contribution in [1.82, 2.24) is 5.32 Å². The van der Waals surface area contributed by atoms with E-state index in [1.165, 1.54) is 0 Å². The van der Waals surface area contributed by atoms with Crippen molar-refractivity contribution in [1.29, 1.82) is 0 Å². The second-order valence-corrected chi connectivity index (χ2v) is 6.16. The van der Waals surface area contributed by atoms with Crippen LogP contribution < -0.4 is 10.1 Å². The van der Waals surface area contributed by atoms with Gasteiger partial charge in [0.25, 0.3) is 5.91 Å². The topological polar surface area (TPSA) is 55.4 Å². The molecule has 0 spiro atoms. The number of nitrogens with one attached hydrogen (secondary N) is 1. The highest BCUT2D eigenvalue weighted by Gasteiger charge is 2.16. The van der Waals surface area contributed by atoms with Crippen LogP contribution in [0.1, 0.15) is 27.5 Å². The van der Waals surface area contributed by atoms with Crippen molar-refractivity contribution in [3.8, 4) is 5.75 Å². The molecule has 136 valence electrons. The SMILES string of the molecule is O=Cc1ccccc1OCC(=O)N[C@H](Cc1ccccc1)c1ccccc1. The van der Waals surface area contributed by atoms with Gasteiger partial charge >= 0.3 is 0 Å². The van der Waals surface area contributed by atoms with Gasteiger partial charge in [-0.2, -0.15) is 0 Å². The van der Waals surface area contributed by atoms with Gasteiger partial charge < -0.3 is 10.1 Å². The first-order chi connectivity index (χ1) is 13.3. The molecule has 3 aromatic carbocycles. The van der Waals surface area contributed by atoms with Gasteiger partial charge in [-0.3, -0.25) is 9.59 Å². The molecule has 4 heteroatoms. The molecule has 0 heterocycles. The van der Waals surface area contributed by atoms with Crippen LogP contribution >= 0.6 is 0 Å². The average molecular weight is 359 g/mol. The normalized spacial score (nSPS) is 11.4. The summed E-state index contributed by atoms with van der Waals surface area (Å²) < 4.78 is 5.53. The number of hydrogen-bond donors (Lipinski definition) is 1. The number of para-hydroxylation sites is 1. The fourth-order valence-corrected chi connectivity index (χ4v) is 2.88. The van der Waals surface area contributed by atoms with Crippen LogP contribution in [0.3, 0.4) is 0 Å². The van der Waals surface area contributed by atoms with Crippen LogP contribution in [0.25, 0.3) is 0 Å². The molecule has 4 nitrogen and oxygen atoms in total. The van der Waals surface area contributed by atoms with E-state index in [1.807, 2.05) is 60.7 Å². The highest BCUT2D eigenvalue weighted by Crippen LogP contribution is 2.19. The van der Waals surface area contributed by atoms with Gasteiger partial charge in [0.1, 0.15) is 5.75 Å². The Bertz CT molecular complexity index is 878. The molecule has 1 N–H and O–H groups in total. The number of aldehydes is 1. The van der Waals surface area contributed by atoms with Crippen molar-refractivity contribution in [2.75, 3.05) is 6.61 Å². The molecule has 3 aromatic rings. The third kappa shape index (κ3) is 5.28. The lowest BCUT2D eigenvalue weighted by molar-refractivity contribution is -0.123. The lowest BCUT2D eigenvalue weighted by atomic mass is 9.99. The molecule has 0 fully saturated rings. The molecular formula is C23H21NO3. The fourth-order valence-electron chi connectivity index (χ4n) is 2.88. The zero-order valence-corrected chi connectivity index (χ0v) is 14.9. The number of amides is 1. The third-order valence-electron chi connectivity index (χ3n) is 4.22. The van der Waals surface area contributed by atoms with Gasteiger partial charge in [0.15, 0.2) is 12.9 Å². The standard InChI is InChI=1S/C23H21NO3/c25-16-20-13-7-8-14-22(20)27-17-23(26)24-21(19-11-5-2-6-12-19)15-18-9-3-1-4-10-18/h1-14,16,21H,15,17H2,(H,24,26)/t21-/m1/s1. The van der Waals surface area contributed by atoms with Crippen molar-refractivity contribution in [2.45, 2.75) is 12.5 Å². The van der Waals surface area contributed by atoms with E-state index in [4.69, 9.17) is 4.74 Å². The van der Waals surface area contributed by atoms with Crippen molar-refractivity contribution < 1.29 is 14.3 Å². The number of benzene rings is 3. The maximum atomic E-state index is 12.5. The number of carbonyl (C=O) groups excluding carboxylic acids is 2. The lowest BCUT2D eigenvalue weighted by Crippen LogP contribution is -2.33. The highest BCUT2D eigenvalue weighted by molar-refractivity contribution is 5.81. The summed E-state index contributed by atoms with van der Waals surface area (Å²) in [6.45, 7) is -0.150. The number of carbonyl (C=O) groups is 2. The second-order valence-electron chi connectivity index (χ2n) is 6.16. The smallest absolute Gasteiger partial charge is 0.258 e. The minimum atomic E-state index is -0.236. The molecule has 1 amide bonds. The van der Waals surface area contributed by atoms with E-state index in [9.17, 15) is 9.59 Å². The largest absolute Gasteiger partial charge is 0.483 e. The maximum absolute atomic E-state index is 12.5. The van der Waals surface area contributed by atoms with Gasteiger partial charge in [-0.25, -0.2) is 0 Å². The zero-order chi connectivity index (χ0) is 18.9. The molecule has 1 atom stereocenters. The summed E-state index contributed by atoms with van der Waals surface area (Å²) >= 11 is 0. The van der Waals surface area contributed by atoms with Crippen LogP contribution in [0.4, 0.5) is 0 Å². The maximum Gasteiger partial charge on any atom is 0.258 e. The summed E-state index contributed by atoms with van der Waals surface area (Å²) in [5, 5.41) is 3.04. The zero-order valence-electron chi connectivity index (χ0n) is 14.9. The molecule has 0 aliphatic rings. The molecule has 0 bridgehead atoms. The summed E-state index contributed by atoms with van der Waals surface area (Å²) in [6, 6.07) is 26.6. The van der Waals surface area contributed by atoms with E-state index >= 15 is 0 Å². The summed E-state index contributed by atoms with van der Waals surface area (Å²) in [4.78, 5) is 23.5. The molecule has 0 saturated heterocycles. The van der Waals surface area contributed by atoms with Gasteiger partial charge in [0.2, 0.25) is 0 Å². The molecule has 0 aliphatic heterocycles. The van der Waals surface area contributed by atoms with Crippen LogP contribution in [0.2, 0.25) is 0 Å². The van der Waals surface area contributed by atoms with Gasteiger partial charge in [-0.1, -0.05) is 72.8 Å². The molecule has 0 radical (unpaired) electrons. The Morgan fingerprint density at radius 1 is 0.889 bits per heavy atom. The first-order valence-corrected chi connectivity index (χ1v) is 8.81. The van der Waals surface area contributed by atoms with E-state index in [0.29, 0.717) is 17.7 Å². The predicted molar refractivity (Wildman–Crippen MR) is 105 cm³/mol. The van der Waals surface area contributed by atoms with E-state index in [0.717, 1.165) is 17.4 Å². The molecule has 3 rings (SSSR count).